The zero-order valence-corrected chi connectivity index (χ0v) is 10.9. The third-order valence-corrected chi connectivity index (χ3v) is 2.82. The van der Waals surface area contributed by atoms with Crippen LogP contribution < -0.4 is 9.47 Å². The molecule has 0 radical (unpaired) electrons. The number of hydrogen-bond acceptors (Lipinski definition) is 6. The first-order valence-electron chi connectivity index (χ1n) is 6.32. The van der Waals surface area contributed by atoms with Crippen molar-refractivity contribution in [1.82, 2.24) is 5.16 Å². The molecule has 0 spiro atoms. The molecule has 0 bridgehead atoms. The predicted octanol–water partition coefficient (Wildman–Crippen LogP) is 2.29. The van der Waals surface area contributed by atoms with Crippen molar-refractivity contribution in [1.29, 1.82) is 0 Å². The maximum absolute atomic E-state index is 11.5. The number of nitrogens with zero attached hydrogens (tertiary/aromatic N) is 1. The van der Waals surface area contributed by atoms with Gasteiger partial charge in [0, 0.05) is 11.6 Å². The molecule has 0 saturated heterocycles. The van der Waals surface area contributed by atoms with Crippen LogP contribution in [-0.2, 0) is 4.74 Å². The molecule has 0 amide bonds. The molecule has 6 heteroatoms. The van der Waals surface area contributed by atoms with E-state index in [2.05, 4.69) is 5.16 Å². The molecule has 2 heterocycles. The molecule has 2 aromatic rings. The molecule has 6 nitrogen and oxygen atoms in total. The van der Waals surface area contributed by atoms with E-state index >= 15 is 0 Å². The van der Waals surface area contributed by atoms with Crippen molar-refractivity contribution >= 4 is 5.97 Å². The number of fused-ring (bicyclic) bond motifs is 1. The molecular formula is C14H13NO5. The summed E-state index contributed by atoms with van der Waals surface area (Å²) in [6.45, 7) is 3.09. The molecule has 0 unspecified atom stereocenters. The number of carbonyl (C=O) groups excluding carboxylic acids is 1. The lowest BCUT2D eigenvalue weighted by atomic mass is 10.1. The van der Waals surface area contributed by atoms with Crippen LogP contribution in [-0.4, -0.2) is 30.9 Å². The summed E-state index contributed by atoms with van der Waals surface area (Å²) in [7, 11) is 0. The van der Waals surface area contributed by atoms with Crippen molar-refractivity contribution in [3.05, 3.63) is 30.0 Å². The topological polar surface area (TPSA) is 70.8 Å². The Morgan fingerprint density at radius 2 is 2.05 bits per heavy atom. The van der Waals surface area contributed by atoms with Crippen LogP contribution in [0.3, 0.4) is 0 Å². The van der Waals surface area contributed by atoms with E-state index in [1.54, 1.807) is 25.1 Å². The molecule has 0 N–H and O–H groups in total. The Morgan fingerprint density at radius 3 is 2.85 bits per heavy atom. The van der Waals surface area contributed by atoms with Crippen LogP contribution in [0.4, 0.5) is 0 Å². The maximum atomic E-state index is 11.5. The van der Waals surface area contributed by atoms with Gasteiger partial charge < -0.3 is 18.7 Å². The number of benzene rings is 1. The lowest BCUT2D eigenvalue weighted by Crippen LogP contribution is -2.15. The molecule has 3 rings (SSSR count). The molecule has 1 aliphatic heterocycles. The molecule has 0 aliphatic carbocycles. The first-order valence-corrected chi connectivity index (χ1v) is 6.32. The van der Waals surface area contributed by atoms with E-state index in [9.17, 15) is 4.79 Å². The van der Waals surface area contributed by atoms with Crippen molar-refractivity contribution in [2.45, 2.75) is 6.92 Å². The summed E-state index contributed by atoms with van der Waals surface area (Å²) in [5, 5.41) is 3.70. The average molecular weight is 275 g/mol. The quantitative estimate of drug-likeness (QED) is 0.800. The summed E-state index contributed by atoms with van der Waals surface area (Å²) in [4.78, 5) is 11.5. The Morgan fingerprint density at radius 1 is 1.25 bits per heavy atom. The summed E-state index contributed by atoms with van der Waals surface area (Å²) in [6, 6.07) is 6.96. The van der Waals surface area contributed by atoms with Gasteiger partial charge in [0.2, 0.25) is 0 Å². The number of aromatic nitrogens is 1. The number of rotatable bonds is 3. The van der Waals surface area contributed by atoms with Gasteiger partial charge in [-0.1, -0.05) is 5.16 Å². The van der Waals surface area contributed by atoms with Crippen LogP contribution in [0.5, 0.6) is 11.5 Å². The van der Waals surface area contributed by atoms with Gasteiger partial charge in [0.15, 0.2) is 23.0 Å². The van der Waals surface area contributed by atoms with Gasteiger partial charge in [-0.05, 0) is 25.1 Å². The van der Waals surface area contributed by atoms with Gasteiger partial charge in [0.05, 0.1) is 6.61 Å². The van der Waals surface area contributed by atoms with Crippen molar-refractivity contribution < 1.29 is 23.5 Å². The number of ether oxygens (including phenoxy) is 3. The normalized spacial score (nSPS) is 13.1. The van der Waals surface area contributed by atoms with Gasteiger partial charge in [-0.25, -0.2) is 4.79 Å². The highest BCUT2D eigenvalue weighted by atomic mass is 16.6. The van der Waals surface area contributed by atoms with E-state index in [1.807, 2.05) is 6.07 Å². The van der Waals surface area contributed by atoms with Crippen LogP contribution in [0.2, 0.25) is 0 Å². The van der Waals surface area contributed by atoms with Crippen LogP contribution >= 0.6 is 0 Å². The van der Waals surface area contributed by atoms with E-state index in [4.69, 9.17) is 18.7 Å². The highest BCUT2D eigenvalue weighted by molar-refractivity contribution is 5.88. The minimum absolute atomic E-state index is 0.150. The van der Waals surface area contributed by atoms with Crippen molar-refractivity contribution in [3.63, 3.8) is 0 Å². The first-order chi connectivity index (χ1) is 9.78. The molecule has 1 aliphatic rings. The van der Waals surface area contributed by atoms with E-state index in [1.165, 1.54) is 0 Å². The lowest BCUT2D eigenvalue weighted by molar-refractivity contribution is 0.0514. The first kappa shape index (κ1) is 12.5. The Kier molecular flexibility index (Phi) is 3.28. The summed E-state index contributed by atoms with van der Waals surface area (Å²) < 4.78 is 21.0. The summed E-state index contributed by atoms with van der Waals surface area (Å²) in [5.74, 6) is 1.33. The van der Waals surface area contributed by atoms with Crippen LogP contribution in [0.1, 0.15) is 17.4 Å². The second-order valence-corrected chi connectivity index (χ2v) is 4.16. The molecule has 20 heavy (non-hydrogen) atoms. The smallest absolute Gasteiger partial charge is 0.360 e. The molecule has 0 atom stereocenters. The SMILES string of the molecule is CCOC(=O)c1cc(-c2ccc3c(c2)OCCO3)on1. The minimum Gasteiger partial charge on any atom is -0.486 e. The second-order valence-electron chi connectivity index (χ2n) is 4.16. The van der Waals surface area contributed by atoms with E-state index in [-0.39, 0.29) is 5.69 Å². The highest BCUT2D eigenvalue weighted by Gasteiger charge is 2.17. The Labute approximate surface area is 115 Å². The standard InChI is InChI=1S/C14H13NO5/c1-2-17-14(16)10-8-12(20-15-10)9-3-4-11-13(7-9)19-6-5-18-11/h3-4,7-8H,2,5-6H2,1H3. The van der Waals surface area contributed by atoms with Crippen LogP contribution in [0.25, 0.3) is 11.3 Å². The van der Waals surface area contributed by atoms with Crippen molar-refractivity contribution in [2.75, 3.05) is 19.8 Å². The molecule has 1 aromatic heterocycles. The lowest BCUT2D eigenvalue weighted by Gasteiger charge is -2.18. The fraction of sp³-hybridized carbons (Fsp3) is 0.286. The molecule has 1 aromatic carbocycles. The van der Waals surface area contributed by atoms with E-state index in [0.29, 0.717) is 37.1 Å². The van der Waals surface area contributed by atoms with E-state index < -0.39 is 5.97 Å². The molecular weight excluding hydrogens is 262 g/mol. The minimum atomic E-state index is -0.500. The highest BCUT2D eigenvalue weighted by Crippen LogP contribution is 2.34. The maximum Gasteiger partial charge on any atom is 0.360 e. The van der Waals surface area contributed by atoms with Gasteiger partial charge in [0.25, 0.3) is 0 Å². The average Bonchev–Trinajstić information content (AvgIpc) is 2.97. The van der Waals surface area contributed by atoms with Gasteiger partial charge in [-0.15, -0.1) is 0 Å². The summed E-state index contributed by atoms with van der Waals surface area (Å²) in [5.41, 5.74) is 0.911. The zero-order chi connectivity index (χ0) is 13.9. The van der Waals surface area contributed by atoms with Gasteiger partial charge in [0.1, 0.15) is 13.2 Å². The third kappa shape index (κ3) is 2.32. The second kappa shape index (κ2) is 5.24. The molecule has 0 saturated carbocycles. The summed E-state index contributed by atoms with van der Waals surface area (Å²) >= 11 is 0. The Bertz CT molecular complexity index is 634. The largest absolute Gasteiger partial charge is 0.486 e. The van der Waals surface area contributed by atoms with Crippen molar-refractivity contribution in [3.8, 4) is 22.8 Å². The van der Waals surface area contributed by atoms with E-state index in [0.717, 1.165) is 5.56 Å². The molecule has 0 fully saturated rings. The Balaban J connectivity index is 1.87. The number of esters is 1. The van der Waals surface area contributed by atoms with Crippen LogP contribution in [0, 0.1) is 0 Å². The summed E-state index contributed by atoms with van der Waals surface area (Å²) in [6.07, 6.45) is 0. The fourth-order valence-corrected chi connectivity index (χ4v) is 1.91. The van der Waals surface area contributed by atoms with Gasteiger partial charge in [-0.2, -0.15) is 0 Å². The monoisotopic (exact) mass is 275 g/mol. The van der Waals surface area contributed by atoms with Gasteiger partial charge in [-0.3, -0.25) is 0 Å². The third-order valence-electron chi connectivity index (χ3n) is 2.82. The van der Waals surface area contributed by atoms with Gasteiger partial charge >= 0.3 is 5.97 Å². The fourth-order valence-electron chi connectivity index (χ4n) is 1.91. The Hall–Kier alpha value is -2.50. The predicted molar refractivity (Wildman–Crippen MR) is 68.9 cm³/mol. The van der Waals surface area contributed by atoms with Crippen molar-refractivity contribution in [2.24, 2.45) is 0 Å². The number of hydrogen-bond donors (Lipinski definition) is 0. The number of carbonyl (C=O) groups is 1. The molecule has 104 valence electrons. The van der Waals surface area contributed by atoms with Crippen LogP contribution in [0.15, 0.2) is 28.8 Å². The zero-order valence-electron chi connectivity index (χ0n) is 10.9.